The Morgan fingerprint density at radius 2 is 1.83 bits per heavy atom. The van der Waals surface area contributed by atoms with Gasteiger partial charge in [-0.3, -0.25) is 14.6 Å². The number of alkyl halides is 3. The molecule has 2 aromatic carbocycles. The van der Waals surface area contributed by atoms with E-state index in [2.05, 4.69) is 23.0 Å². The van der Waals surface area contributed by atoms with E-state index in [4.69, 9.17) is 9.73 Å². The number of thioether (sulfide) groups is 1. The standard InChI is InChI=1S/C34H37F5N6O2S/c1-4-29(46)43-11-12-44(20(2)15-43)33-26-14-27(34(37,38)39)30(25-6-5-22(35)13-28(25)36)32-31(26)45(21(3)40-33)23(19-48-32)16-41-7-9-42(10-8-41)24-17-47-18-24/h4-6,13-14,20,23-24H,1,3,7-12,15-19H2,2H3/t20-,23-/m0/s1. The Labute approximate surface area is 280 Å². The van der Waals surface area contributed by atoms with Gasteiger partial charge in [0.2, 0.25) is 5.91 Å². The van der Waals surface area contributed by atoms with E-state index >= 15 is 4.39 Å². The maximum Gasteiger partial charge on any atom is 0.417 e. The third-order valence-corrected chi connectivity index (χ3v) is 11.2. The molecule has 8 nitrogen and oxygen atoms in total. The summed E-state index contributed by atoms with van der Waals surface area (Å²) in [6.07, 6.45) is -3.60. The fraction of sp³-hybridized carbons (Fsp3) is 0.471. The minimum Gasteiger partial charge on any atom is -0.378 e. The largest absolute Gasteiger partial charge is 0.417 e. The van der Waals surface area contributed by atoms with Gasteiger partial charge >= 0.3 is 6.18 Å². The second kappa shape index (κ2) is 12.8. The van der Waals surface area contributed by atoms with Gasteiger partial charge in [-0.1, -0.05) is 13.2 Å². The number of carbonyl (C=O) groups excluding carboxylic acids is 1. The van der Waals surface area contributed by atoms with Crippen LogP contribution in [0.5, 0.6) is 0 Å². The number of carbonyl (C=O) groups is 1. The summed E-state index contributed by atoms with van der Waals surface area (Å²) in [5.74, 6) is -1.02. The Hall–Kier alpha value is -3.46. The molecular weight excluding hydrogens is 651 g/mol. The molecule has 3 saturated heterocycles. The zero-order valence-electron chi connectivity index (χ0n) is 26.6. The monoisotopic (exact) mass is 688 g/mol. The van der Waals surface area contributed by atoms with E-state index in [1.54, 1.807) is 4.90 Å². The van der Waals surface area contributed by atoms with Gasteiger partial charge in [-0.05, 0) is 31.2 Å². The van der Waals surface area contributed by atoms with Crippen LogP contribution in [-0.4, -0.2) is 121 Å². The third-order valence-electron chi connectivity index (χ3n) is 9.94. The number of amides is 1. The lowest BCUT2D eigenvalue weighted by atomic mass is 9.92. The van der Waals surface area contributed by atoms with Crippen molar-refractivity contribution < 1.29 is 31.5 Å². The third kappa shape index (κ3) is 5.90. The van der Waals surface area contributed by atoms with Crippen molar-refractivity contribution in [2.45, 2.75) is 36.1 Å². The average molecular weight is 689 g/mol. The molecule has 5 heterocycles. The van der Waals surface area contributed by atoms with Crippen LogP contribution in [0.3, 0.4) is 0 Å². The fourth-order valence-electron chi connectivity index (χ4n) is 7.39. The van der Waals surface area contributed by atoms with Crippen LogP contribution in [0, 0.1) is 11.6 Å². The van der Waals surface area contributed by atoms with Crippen LogP contribution in [-0.2, 0) is 15.7 Å². The highest BCUT2D eigenvalue weighted by molar-refractivity contribution is 7.99. The van der Waals surface area contributed by atoms with Crippen LogP contribution < -0.4 is 4.90 Å². The van der Waals surface area contributed by atoms with Gasteiger partial charge in [-0.15, -0.1) is 11.8 Å². The highest BCUT2D eigenvalue weighted by Crippen LogP contribution is 2.54. The summed E-state index contributed by atoms with van der Waals surface area (Å²) in [6.45, 7) is 16.4. The van der Waals surface area contributed by atoms with E-state index in [9.17, 15) is 22.4 Å². The number of piperazine rings is 2. The van der Waals surface area contributed by atoms with Crippen LogP contribution in [0.4, 0.5) is 27.6 Å². The Bertz CT molecular complexity index is 1670. The normalized spacial score (nSPS) is 23.9. The molecule has 14 heteroatoms. The molecule has 7 rings (SSSR count). The fourth-order valence-corrected chi connectivity index (χ4v) is 8.71. The van der Waals surface area contributed by atoms with Crippen molar-refractivity contribution in [2.24, 2.45) is 4.99 Å². The number of hydrogen-bond acceptors (Lipinski definition) is 8. The van der Waals surface area contributed by atoms with Gasteiger partial charge in [0.1, 0.15) is 23.3 Å². The first-order valence-electron chi connectivity index (χ1n) is 16.1. The Morgan fingerprint density at radius 1 is 1.08 bits per heavy atom. The zero-order chi connectivity index (χ0) is 33.9. The number of rotatable bonds is 5. The summed E-state index contributed by atoms with van der Waals surface area (Å²) in [6, 6.07) is 3.74. The van der Waals surface area contributed by atoms with E-state index in [0.717, 1.165) is 57.6 Å². The molecule has 0 aliphatic carbocycles. The molecule has 0 N–H and O–H groups in total. The molecule has 5 aliphatic rings. The van der Waals surface area contributed by atoms with Crippen molar-refractivity contribution in [1.29, 1.82) is 0 Å². The highest BCUT2D eigenvalue weighted by Gasteiger charge is 2.45. The summed E-state index contributed by atoms with van der Waals surface area (Å²) < 4.78 is 79.7. The average Bonchev–Trinajstić information content (AvgIpc) is 3.02. The number of benzene rings is 2. The van der Waals surface area contributed by atoms with Gasteiger partial charge in [-0.2, -0.15) is 13.2 Å². The van der Waals surface area contributed by atoms with Gasteiger partial charge in [0.15, 0.2) is 0 Å². The van der Waals surface area contributed by atoms with E-state index < -0.39 is 23.4 Å². The van der Waals surface area contributed by atoms with Gasteiger partial charge in [-0.25, -0.2) is 13.8 Å². The van der Waals surface area contributed by atoms with Crippen molar-refractivity contribution >= 4 is 29.2 Å². The maximum atomic E-state index is 15.4. The molecule has 0 bridgehead atoms. The van der Waals surface area contributed by atoms with E-state index in [1.165, 1.54) is 17.8 Å². The van der Waals surface area contributed by atoms with Crippen LogP contribution in [0.25, 0.3) is 11.1 Å². The number of anilines is 1. The molecule has 0 saturated carbocycles. The van der Waals surface area contributed by atoms with E-state index in [0.29, 0.717) is 61.4 Å². The summed E-state index contributed by atoms with van der Waals surface area (Å²) in [4.78, 5) is 27.8. The summed E-state index contributed by atoms with van der Waals surface area (Å²) in [5, 5.41) is 0. The van der Waals surface area contributed by atoms with Crippen LogP contribution in [0.15, 0.2) is 59.2 Å². The number of ether oxygens (including phenoxy) is 1. The molecule has 256 valence electrons. The van der Waals surface area contributed by atoms with E-state index in [1.807, 2.05) is 16.7 Å². The molecule has 3 fully saturated rings. The van der Waals surface area contributed by atoms with Gasteiger partial charge in [0.05, 0.1) is 36.5 Å². The van der Waals surface area contributed by atoms with Gasteiger partial charge in [0.25, 0.3) is 0 Å². The lowest BCUT2D eigenvalue weighted by molar-refractivity contribution is -0.137. The molecule has 2 aromatic rings. The molecular formula is C34H37F5N6O2S. The van der Waals surface area contributed by atoms with Gasteiger partial charge < -0.3 is 19.4 Å². The first-order chi connectivity index (χ1) is 22.9. The molecule has 2 atom stereocenters. The molecule has 5 aliphatic heterocycles. The molecule has 48 heavy (non-hydrogen) atoms. The molecule has 0 spiro atoms. The van der Waals surface area contributed by atoms with Crippen molar-refractivity contribution in [3.8, 4) is 11.1 Å². The Morgan fingerprint density at radius 3 is 2.46 bits per heavy atom. The summed E-state index contributed by atoms with van der Waals surface area (Å²) in [5.41, 5.74) is -0.870. The smallest absolute Gasteiger partial charge is 0.378 e. The van der Waals surface area contributed by atoms with E-state index in [-0.39, 0.29) is 39.6 Å². The quantitative estimate of drug-likeness (QED) is 0.328. The topological polar surface area (TPSA) is 54.9 Å². The second-order valence-electron chi connectivity index (χ2n) is 12.9. The Balaban J connectivity index is 1.31. The predicted molar refractivity (Wildman–Crippen MR) is 175 cm³/mol. The lowest BCUT2D eigenvalue weighted by Crippen LogP contribution is -2.59. The van der Waals surface area contributed by atoms with Crippen LogP contribution >= 0.6 is 11.8 Å². The molecule has 0 unspecified atom stereocenters. The minimum atomic E-state index is -4.85. The minimum absolute atomic E-state index is 0.167. The van der Waals surface area contributed by atoms with Gasteiger partial charge in [0, 0.05) is 91.8 Å². The number of nitrogens with zero attached hydrogens (tertiary/aromatic N) is 6. The predicted octanol–water partition coefficient (Wildman–Crippen LogP) is 4.90. The maximum absolute atomic E-state index is 15.4. The number of aliphatic imine (C=N–C) groups is 1. The van der Waals surface area contributed by atoms with Crippen LogP contribution in [0.1, 0.15) is 18.1 Å². The number of hydrogen-bond donors (Lipinski definition) is 0. The van der Waals surface area contributed by atoms with Crippen LogP contribution in [0.2, 0.25) is 0 Å². The van der Waals surface area contributed by atoms with Crippen molar-refractivity contribution in [2.75, 3.05) is 76.2 Å². The number of halogens is 5. The van der Waals surface area contributed by atoms with Crippen molar-refractivity contribution in [3.63, 3.8) is 0 Å². The highest BCUT2D eigenvalue weighted by atomic mass is 32.2. The zero-order valence-corrected chi connectivity index (χ0v) is 27.4. The molecule has 0 radical (unpaired) electrons. The lowest BCUT2D eigenvalue weighted by Gasteiger charge is -2.48. The summed E-state index contributed by atoms with van der Waals surface area (Å²) >= 11 is 1.26. The molecule has 0 aromatic heterocycles. The Kier molecular flexibility index (Phi) is 8.80. The number of amidine groups is 1. The summed E-state index contributed by atoms with van der Waals surface area (Å²) in [7, 11) is 0. The second-order valence-corrected chi connectivity index (χ2v) is 13.9. The van der Waals surface area contributed by atoms with Crippen molar-refractivity contribution in [1.82, 2.24) is 19.6 Å². The molecule has 1 amide bonds. The van der Waals surface area contributed by atoms with Crippen molar-refractivity contribution in [3.05, 3.63) is 72.1 Å². The SMILES string of the molecule is C=CC(=O)N1CCN(C2=NC(=C)N3c4c2cc(C(F)(F)F)c(-c2ccc(F)cc2F)c4SC[C@@H]3CN2CCN(C3COC3)CC2)[C@@H](C)C1. The first kappa shape index (κ1) is 33.1. The first-order valence-corrected chi connectivity index (χ1v) is 17.1.